The number of fused-ring (bicyclic) bond motifs is 1. The van der Waals surface area contributed by atoms with Gasteiger partial charge in [-0.3, -0.25) is 9.69 Å². The van der Waals surface area contributed by atoms with Gasteiger partial charge in [0.1, 0.15) is 6.10 Å². The topological polar surface area (TPSA) is 43.8 Å². The van der Waals surface area contributed by atoms with Crippen molar-refractivity contribution in [1.82, 2.24) is 9.80 Å². The van der Waals surface area contributed by atoms with Gasteiger partial charge >= 0.3 is 0 Å². The number of nitrogens with zero attached hydrogens (tertiary/aromatic N) is 2. The number of carbonyl (C=O) groups is 1. The van der Waals surface area contributed by atoms with Gasteiger partial charge in [-0.2, -0.15) is 11.8 Å². The van der Waals surface area contributed by atoms with Crippen molar-refractivity contribution in [1.29, 1.82) is 0 Å². The number of aliphatic hydroxyl groups excluding tert-OH is 1. The van der Waals surface area contributed by atoms with Crippen LogP contribution in [0.5, 0.6) is 0 Å². The predicted octanol–water partition coefficient (Wildman–Crippen LogP) is 1.80. The van der Waals surface area contributed by atoms with E-state index in [0.29, 0.717) is 12.5 Å². The Labute approximate surface area is 149 Å². The average Bonchev–Trinajstić information content (AvgIpc) is 2.88. The van der Waals surface area contributed by atoms with E-state index in [9.17, 15) is 9.90 Å². The summed E-state index contributed by atoms with van der Waals surface area (Å²) in [6.45, 7) is 3.47. The molecule has 132 valence electrons. The van der Waals surface area contributed by atoms with E-state index in [1.807, 2.05) is 11.2 Å². The highest BCUT2D eigenvalue weighted by atomic mass is 32.2. The first-order valence-corrected chi connectivity index (χ1v) is 10.3. The van der Waals surface area contributed by atoms with Gasteiger partial charge in [-0.25, -0.2) is 0 Å². The zero-order chi connectivity index (χ0) is 16.9. The lowest BCUT2D eigenvalue weighted by Crippen LogP contribution is -2.43. The predicted molar refractivity (Wildman–Crippen MR) is 99.4 cm³/mol. The maximum Gasteiger partial charge on any atom is 0.251 e. The molecule has 4 nitrogen and oxygen atoms in total. The van der Waals surface area contributed by atoms with E-state index < -0.39 is 6.10 Å². The first kappa shape index (κ1) is 17.8. The molecule has 1 aromatic rings. The van der Waals surface area contributed by atoms with Gasteiger partial charge in [0, 0.05) is 32.2 Å². The summed E-state index contributed by atoms with van der Waals surface area (Å²) in [6, 6.07) is 9.30. The Morgan fingerprint density at radius 3 is 2.58 bits per heavy atom. The molecule has 1 saturated heterocycles. The second kappa shape index (κ2) is 8.37. The Morgan fingerprint density at radius 2 is 1.92 bits per heavy atom. The molecule has 1 N–H and O–H groups in total. The van der Waals surface area contributed by atoms with Crippen molar-refractivity contribution in [3.05, 3.63) is 35.4 Å². The minimum Gasteiger partial charge on any atom is -0.383 e. The molecule has 0 spiro atoms. The Morgan fingerprint density at radius 1 is 1.21 bits per heavy atom. The van der Waals surface area contributed by atoms with E-state index in [4.69, 9.17) is 0 Å². The van der Waals surface area contributed by atoms with Crippen LogP contribution in [0.4, 0.5) is 0 Å². The summed E-state index contributed by atoms with van der Waals surface area (Å²) in [6.07, 6.45) is 4.97. The zero-order valence-corrected chi connectivity index (χ0v) is 15.3. The van der Waals surface area contributed by atoms with Gasteiger partial charge in [-0.1, -0.05) is 24.3 Å². The largest absolute Gasteiger partial charge is 0.383 e. The van der Waals surface area contributed by atoms with Crippen molar-refractivity contribution in [3.63, 3.8) is 0 Å². The number of thioether (sulfide) groups is 1. The minimum atomic E-state index is -0.834. The monoisotopic (exact) mass is 348 g/mol. The first-order valence-electron chi connectivity index (χ1n) is 8.95. The molecule has 0 bridgehead atoms. The molecule has 5 heteroatoms. The molecular formula is C19H28N2O2S. The van der Waals surface area contributed by atoms with E-state index in [1.165, 1.54) is 11.1 Å². The van der Waals surface area contributed by atoms with Crippen molar-refractivity contribution in [3.8, 4) is 0 Å². The smallest absolute Gasteiger partial charge is 0.251 e. The van der Waals surface area contributed by atoms with Gasteiger partial charge in [0.25, 0.3) is 5.91 Å². The molecule has 0 aromatic heterocycles. The third-order valence-electron chi connectivity index (χ3n) is 5.27. The van der Waals surface area contributed by atoms with Crippen LogP contribution in [0.1, 0.15) is 24.0 Å². The second-order valence-electron chi connectivity index (χ2n) is 6.84. The van der Waals surface area contributed by atoms with Gasteiger partial charge in [0.05, 0.1) is 0 Å². The molecular weight excluding hydrogens is 320 g/mol. The molecule has 1 amide bonds. The molecule has 1 fully saturated rings. The van der Waals surface area contributed by atoms with E-state index in [0.717, 1.165) is 51.2 Å². The lowest BCUT2D eigenvalue weighted by Gasteiger charge is -2.28. The van der Waals surface area contributed by atoms with E-state index in [2.05, 4.69) is 29.2 Å². The molecule has 0 saturated carbocycles. The second-order valence-corrected chi connectivity index (χ2v) is 7.83. The zero-order valence-electron chi connectivity index (χ0n) is 14.5. The Bertz CT molecular complexity index is 541. The van der Waals surface area contributed by atoms with Gasteiger partial charge in [-0.15, -0.1) is 0 Å². The van der Waals surface area contributed by atoms with Crippen molar-refractivity contribution in [2.75, 3.05) is 38.2 Å². The molecule has 0 radical (unpaired) electrons. The highest BCUT2D eigenvalue weighted by Crippen LogP contribution is 2.26. The van der Waals surface area contributed by atoms with Crippen LogP contribution in [0.2, 0.25) is 0 Å². The van der Waals surface area contributed by atoms with Crippen molar-refractivity contribution < 1.29 is 9.90 Å². The lowest BCUT2D eigenvalue weighted by atomic mass is 10.1. The number of amides is 1. The number of hydrogen-bond donors (Lipinski definition) is 1. The van der Waals surface area contributed by atoms with E-state index in [1.54, 1.807) is 11.8 Å². The van der Waals surface area contributed by atoms with Crippen molar-refractivity contribution in [2.45, 2.75) is 37.8 Å². The Balaban J connectivity index is 1.53. The first-order chi connectivity index (χ1) is 11.7. The molecule has 3 rings (SSSR count). The van der Waals surface area contributed by atoms with Crippen LogP contribution < -0.4 is 0 Å². The van der Waals surface area contributed by atoms with Crippen molar-refractivity contribution >= 4 is 17.7 Å². The van der Waals surface area contributed by atoms with Crippen LogP contribution in [-0.4, -0.2) is 71.1 Å². The van der Waals surface area contributed by atoms with Gasteiger partial charge in [0.15, 0.2) is 0 Å². The highest BCUT2D eigenvalue weighted by Gasteiger charge is 2.30. The molecule has 0 unspecified atom stereocenters. The summed E-state index contributed by atoms with van der Waals surface area (Å²) >= 11 is 1.67. The van der Waals surface area contributed by atoms with Gasteiger partial charge < -0.3 is 10.0 Å². The van der Waals surface area contributed by atoms with Crippen LogP contribution in [-0.2, 0) is 17.6 Å². The normalized spacial score (nSPS) is 20.7. The average molecular weight is 349 g/mol. The number of aliphatic hydroxyl groups is 1. The summed E-state index contributed by atoms with van der Waals surface area (Å²) in [5, 5.41) is 10.1. The van der Waals surface area contributed by atoms with E-state index in [-0.39, 0.29) is 5.91 Å². The number of hydrogen-bond acceptors (Lipinski definition) is 4. The third kappa shape index (κ3) is 4.13. The number of rotatable bonds is 5. The minimum absolute atomic E-state index is 0.0828. The fourth-order valence-corrected chi connectivity index (χ4v) is 4.34. The summed E-state index contributed by atoms with van der Waals surface area (Å²) in [5.41, 5.74) is 2.96. The molecule has 1 aliphatic heterocycles. The molecule has 24 heavy (non-hydrogen) atoms. The Hall–Kier alpha value is -1.04. The molecule has 2 aliphatic rings. The number of benzene rings is 1. The fraction of sp³-hybridized carbons (Fsp3) is 0.632. The quantitative estimate of drug-likeness (QED) is 0.881. The summed E-state index contributed by atoms with van der Waals surface area (Å²) < 4.78 is 0. The summed E-state index contributed by atoms with van der Waals surface area (Å²) in [4.78, 5) is 16.8. The third-order valence-corrected chi connectivity index (χ3v) is 5.91. The van der Waals surface area contributed by atoms with Crippen molar-refractivity contribution in [2.24, 2.45) is 0 Å². The summed E-state index contributed by atoms with van der Waals surface area (Å²) in [5.74, 6) is 0.744. The standard InChI is InChI=1S/C19H28N2O2S/c1-24-12-7-18(22)19(23)21-9-4-8-20(10-11-21)17-13-15-5-2-3-6-16(15)14-17/h2-3,5-6,17-18,22H,4,7-14H2,1H3/t18-/m1/s1. The van der Waals surface area contributed by atoms with Crippen LogP contribution in [0.3, 0.4) is 0 Å². The van der Waals surface area contributed by atoms with Gasteiger partial charge in [-0.05, 0) is 48.8 Å². The van der Waals surface area contributed by atoms with Crippen LogP contribution >= 0.6 is 11.8 Å². The summed E-state index contributed by atoms with van der Waals surface area (Å²) in [7, 11) is 0. The van der Waals surface area contributed by atoms with Gasteiger partial charge in [0.2, 0.25) is 0 Å². The maximum absolute atomic E-state index is 12.4. The van der Waals surface area contributed by atoms with E-state index >= 15 is 0 Å². The van der Waals surface area contributed by atoms with Crippen LogP contribution in [0, 0.1) is 0 Å². The fourth-order valence-electron chi connectivity index (χ4n) is 3.88. The lowest BCUT2D eigenvalue weighted by molar-refractivity contribution is -0.140. The Kier molecular flexibility index (Phi) is 6.19. The van der Waals surface area contributed by atoms with Crippen LogP contribution in [0.15, 0.2) is 24.3 Å². The SMILES string of the molecule is CSCC[C@@H](O)C(=O)N1CCCN(C2Cc3ccccc3C2)CC1. The molecule has 1 aliphatic carbocycles. The van der Waals surface area contributed by atoms with Crippen LogP contribution in [0.25, 0.3) is 0 Å². The molecule has 1 heterocycles. The molecule has 1 aromatic carbocycles. The maximum atomic E-state index is 12.4. The highest BCUT2D eigenvalue weighted by molar-refractivity contribution is 7.98. The number of carbonyl (C=O) groups excluding carboxylic acids is 1. The molecule has 1 atom stereocenters.